The number of hydrogen-bond donors (Lipinski definition) is 2. The molecule has 1 unspecified atom stereocenters. The van der Waals surface area contributed by atoms with Crippen molar-refractivity contribution >= 4 is 11.6 Å². The van der Waals surface area contributed by atoms with E-state index in [4.69, 9.17) is 16.7 Å². The van der Waals surface area contributed by atoms with E-state index in [-0.39, 0.29) is 6.61 Å². The summed E-state index contributed by atoms with van der Waals surface area (Å²) in [5, 5.41) is 12.9. The SMILES string of the molecule is Cc1cc(CNC(C)CCO)ccc1Cl. The van der Waals surface area contributed by atoms with Crippen molar-refractivity contribution in [1.29, 1.82) is 0 Å². The molecular formula is C12H18ClNO. The lowest BCUT2D eigenvalue weighted by Crippen LogP contribution is -2.26. The summed E-state index contributed by atoms with van der Waals surface area (Å²) in [6.45, 7) is 5.12. The van der Waals surface area contributed by atoms with Crippen molar-refractivity contribution in [3.05, 3.63) is 34.3 Å². The fourth-order valence-electron chi connectivity index (χ4n) is 1.40. The van der Waals surface area contributed by atoms with E-state index in [2.05, 4.69) is 18.3 Å². The summed E-state index contributed by atoms with van der Waals surface area (Å²) >= 11 is 5.94. The quantitative estimate of drug-likeness (QED) is 0.810. The first kappa shape index (κ1) is 12.5. The largest absolute Gasteiger partial charge is 0.396 e. The molecule has 2 N–H and O–H groups in total. The van der Waals surface area contributed by atoms with Gasteiger partial charge in [-0.1, -0.05) is 23.7 Å². The highest BCUT2D eigenvalue weighted by atomic mass is 35.5. The molecule has 0 bridgehead atoms. The average Bonchev–Trinajstić information content (AvgIpc) is 2.20. The lowest BCUT2D eigenvalue weighted by atomic mass is 10.1. The Labute approximate surface area is 96.3 Å². The van der Waals surface area contributed by atoms with Crippen LogP contribution in [-0.4, -0.2) is 17.8 Å². The van der Waals surface area contributed by atoms with Gasteiger partial charge in [-0.05, 0) is 37.5 Å². The third-order valence-electron chi connectivity index (χ3n) is 2.44. The van der Waals surface area contributed by atoms with Gasteiger partial charge < -0.3 is 10.4 Å². The maximum absolute atomic E-state index is 8.76. The first-order valence-corrected chi connectivity index (χ1v) is 5.60. The van der Waals surface area contributed by atoms with Crippen LogP contribution in [0.2, 0.25) is 5.02 Å². The number of aryl methyl sites for hydroxylation is 1. The van der Waals surface area contributed by atoms with Gasteiger partial charge in [-0.15, -0.1) is 0 Å². The summed E-state index contributed by atoms with van der Waals surface area (Å²) in [7, 11) is 0. The van der Waals surface area contributed by atoms with Crippen LogP contribution < -0.4 is 5.32 Å². The molecule has 0 saturated heterocycles. The van der Waals surface area contributed by atoms with E-state index in [1.807, 2.05) is 19.1 Å². The molecule has 0 spiro atoms. The molecule has 0 aliphatic carbocycles. The molecule has 15 heavy (non-hydrogen) atoms. The first-order chi connectivity index (χ1) is 7.13. The van der Waals surface area contributed by atoms with Gasteiger partial charge in [0.15, 0.2) is 0 Å². The minimum Gasteiger partial charge on any atom is -0.396 e. The Kier molecular flexibility index (Phi) is 5.09. The van der Waals surface area contributed by atoms with E-state index in [9.17, 15) is 0 Å². The van der Waals surface area contributed by atoms with Crippen LogP contribution in [0.15, 0.2) is 18.2 Å². The summed E-state index contributed by atoms with van der Waals surface area (Å²) in [4.78, 5) is 0. The predicted molar refractivity (Wildman–Crippen MR) is 64.2 cm³/mol. The summed E-state index contributed by atoms with van der Waals surface area (Å²) in [5.41, 5.74) is 2.33. The maximum atomic E-state index is 8.76. The molecule has 0 heterocycles. The molecule has 0 aliphatic rings. The molecule has 0 radical (unpaired) electrons. The number of aliphatic hydroxyl groups is 1. The molecular weight excluding hydrogens is 210 g/mol. The third kappa shape index (κ3) is 4.20. The number of benzene rings is 1. The fraction of sp³-hybridized carbons (Fsp3) is 0.500. The Bertz CT molecular complexity index is 314. The van der Waals surface area contributed by atoms with Crippen molar-refractivity contribution in [1.82, 2.24) is 5.32 Å². The van der Waals surface area contributed by atoms with Crippen LogP contribution in [0.25, 0.3) is 0 Å². The molecule has 1 aromatic rings. The molecule has 0 fully saturated rings. The van der Waals surface area contributed by atoms with Gasteiger partial charge in [0.1, 0.15) is 0 Å². The first-order valence-electron chi connectivity index (χ1n) is 5.22. The van der Waals surface area contributed by atoms with Crippen LogP contribution in [0.4, 0.5) is 0 Å². The van der Waals surface area contributed by atoms with Gasteiger partial charge in [0.05, 0.1) is 0 Å². The molecule has 1 atom stereocenters. The highest BCUT2D eigenvalue weighted by Crippen LogP contribution is 2.16. The van der Waals surface area contributed by atoms with Gasteiger partial charge in [-0.25, -0.2) is 0 Å². The van der Waals surface area contributed by atoms with Crippen molar-refractivity contribution in [2.45, 2.75) is 32.9 Å². The molecule has 0 saturated carbocycles. The number of rotatable bonds is 5. The van der Waals surface area contributed by atoms with E-state index in [1.54, 1.807) is 0 Å². The molecule has 0 aromatic heterocycles. The van der Waals surface area contributed by atoms with Crippen molar-refractivity contribution in [3.63, 3.8) is 0 Å². The molecule has 84 valence electrons. The van der Waals surface area contributed by atoms with Crippen LogP contribution >= 0.6 is 11.6 Å². The molecule has 2 nitrogen and oxygen atoms in total. The topological polar surface area (TPSA) is 32.3 Å². The Morgan fingerprint density at radius 3 is 2.80 bits per heavy atom. The van der Waals surface area contributed by atoms with Crippen molar-refractivity contribution in [2.75, 3.05) is 6.61 Å². The molecule has 1 rings (SSSR count). The van der Waals surface area contributed by atoms with E-state index < -0.39 is 0 Å². The van der Waals surface area contributed by atoms with E-state index in [0.29, 0.717) is 6.04 Å². The number of hydrogen-bond acceptors (Lipinski definition) is 2. The zero-order valence-corrected chi connectivity index (χ0v) is 10.0. The highest BCUT2D eigenvalue weighted by Gasteiger charge is 2.01. The lowest BCUT2D eigenvalue weighted by Gasteiger charge is -2.12. The smallest absolute Gasteiger partial charge is 0.0445 e. The standard InChI is InChI=1S/C12H18ClNO/c1-9-7-11(3-4-12(9)13)8-14-10(2)5-6-15/h3-4,7,10,14-15H,5-6,8H2,1-2H3. The van der Waals surface area contributed by atoms with E-state index in [0.717, 1.165) is 23.6 Å². The molecule has 0 amide bonds. The average molecular weight is 228 g/mol. The van der Waals surface area contributed by atoms with Gasteiger partial charge in [0.25, 0.3) is 0 Å². The number of aliphatic hydroxyl groups excluding tert-OH is 1. The molecule has 3 heteroatoms. The Morgan fingerprint density at radius 1 is 1.47 bits per heavy atom. The second-order valence-electron chi connectivity index (χ2n) is 3.88. The fourth-order valence-corrected chi connectivity index (χ4v) is 1.52. The summed E-state index contributed by atoms with van der Waals surface area (Å²) in [6.07, 6.45) is 0.784. The molecule has 1 aromatic carbocycles. The van der Waals surface area contributed by atoms with Gasteiger partial charge >= 0.3 is 0 Å². The van der Waals surface area contributed by atoms with Crippen molar-refractivity contribution < 1.29 is 5.11 Å². The van der Waals surface area contributed by atoms with Crippen LogP contribution in [0.5, 0.6) is 0 Å². The summed E-state index contributed by atoms with van der Waals surface area (Å²) in [6, 6.07) is 6.37. The van der Waals surface area contributed by atoms with Crippen LogP contribution in [-0.2, 0) is 6.54 Å². The molecule has 0 aliphatic heterocycles. The van der Waals surface area contributed by atoms with Crippen LogP contribution in [0.3, 0.4) is 0 Å². The third-order valence-corrected chi connectivity index (χ3v) is 2.86. The predicted octanol–water partition coefficient (Wildman–Crippen LogP) is 2.51. The Morgan fingerprint density at radius 2 is 2.20 bits per heavy atom. The number of nitrogens with one attached hydrogen (secondary N) is 1. The van der Waals surface area contributed by atoms with E-state index in [1.165, 1.54) is 5.56 Å². The zero-order valence-electron chi connectivity index (χ0n) is 9.26. The van der Waals surface area contributed by atoms with Crippen molar-refractivity contribution in [2.24, 2.45) is 0 Å². The van der Waals surface area contributed by atoms with Gasteiger partial charge in [-0.3, -0.25) is 0 Å². The Balaban J connectivity index is 2.47. The second-order valence-corrected chi connectivity index (χ2v) is 4.28. The minimum absolute atomic E-state index is 0.230. The highest BCUT2D eigenvalue weighted by molar-refractivity contribution is 6.31. The normalized spacial score (nSPS) is 12.8. The van der Waals surface area contributed by atoms with Gasteiger partial charge in [0.2, 0.25) is 0 Å². The van der Waals surface area contributed by atoms with Gasteiger partial charge in [-0.2, -0.15) is 0 Å². The van der Waals surface area contributed by atoms with Crippen LogP contribution in [0, 0.1) is 6.92 Å². The zero-order chi connectivity index (χ0) is 11.3. The minimum atomic E-state index is 0.230. The Hall–Kier alpha value is -0.570. The monoisotopic (exact) mass is 227 g/mol. The second kappa shape index (κ2) is 6.11. The van der Waals surface area contributed by atoms with Gasteiger partial charge in [0, 0.05) is 24.2 Å². The maximum Gasteiger partial charge on any atom is 0.0445 e. The van der Waals surface area contributed by atoms with Crippen molar-refractivity contribution in [3.8, 4) is 0 Å². The number of halogens is 1. The summed E-state index contributed by atoms with van der Waals surface area (Å²) < 4.78 is 0. The van der Waals surface area contributed by atoms with E-state index >= 15 is 0 Å². The van der Waals surface area contributed by atoms with Crippen LogP contribution in [0.1, 0.15) is 24.5 Å². The summed E-state index contributed by atoms with van der Waals surface area (Å²) in [5.74, 6) is 0. The lowest BCUT2D eigenvalue weighted by molar-refractivity contribution is 0.268.